The lowest BCUT2D eigenvalue weighted by atomic mass is 9.96. The van der Waals surface area contributed by atoms with Gasteiger partial charge in [0.15, 0.2) is 0 Å². The summed E-state index contributed by atoms with van der Waals surface area (Å²) in [6.45, 7) is 6.43. The molecule has 0 radical (unpaired) electrons. The van der Waals surface area contributed by atoms with Crippen LogP contribution in [0.4, 0.5) is 4.39 Å². The van der Waals surface area contributed by atoms with Crippen LogP contribution < -0.4 is 0 Å². The van der Waals surface area contributed by atoms with Crippen molar-refractivity contribution in [1.82, 2.24) is 4.90 Å². The molecule has 0 aliphatic carbocycles. The molecule has 1 aromatic rings. The van der Waals surface area contributed by atoms with Gasteiger partial charge < -0.3 is 15.1 Å². The average Bonchev–Trinajstić information content (AvgIpc) is 2.26. The number of aliphatic hydroxyl groups excluding tert-OH is 1. The van der Waals surface area contributed by atoms with E-state index in [1.54, 1.807) is 32.0 Å². The zero-order valence-corrected chi connectivity index (χ0v) is 12.1. The highest BCUT2D eigenvalue weighted by atomic mass is 19.1. The Bertz CT molecular complexity index is 403. The molecule has 0 bridgehead atoms. The molecule has 2 atom stereocenters. The third-order valence-electron chi connectivity index (χ3n) is 3.02. The quantitative estimate of drug-likeness (QED) is 0.832. The van der Waals surface area contributed by atoms with Crippen LogP contribution in [-0.2, 0) is 0 Å². The lowest BCUT2D eigenvalue weighted by molar-refractivity contribution is 0.0275. The minimum Gasteiger partial charge on any atom is -0.389 e. The Hall–Kier alpha value is -0.970. The first kappa shape index (κ1) is 16.1. The van der Waals surface area contributed by atoms with Gasteiger partial charge in [0.25, 0.3) is 0 Å². The molecule has 0 aliphatic heterocycles. The molecule has 19 heavy (non-hydrogen) atoms. The summed E-state index contributed by atoms with van der Waals surface area (Å²) in [5.41, 5.74) is -0.455. The highest BCUT2D eigenvalue weighted by molar-refractivity contribution is 5.20. The lowest BCUT2D eigenvalue weighted by Crippen LogP contribution is -2.39. The third kappa shape index (κ3) is 5.27. The molecule has 0 amide bonds. The maximum Gasteiger partial charge on any atom is 0.129 e. The second kappa shape index (κ2) is 6.46. The maximum atomic E-state index is 13.6. The van der Waals surface area contributed by atoms with Gasteiger partial charge in [-0.1, -0.05) is 25.1 Å². The predicted octanol–water partition coefficient (Wildman–Crippen LogP) is 2.20. The van der Waals surface area contributed by atoms with Crippen molar-refractivity contribution < 1.29 is 14.6 Å². The van der Waals surface area contributed by atoms with Crippen molar-refractivity contribution in [2.75, 3.05) is 20.1 Å². The smallest absolute Gasteiger partial charge is 0.129 e. The standard InChI is InChI=1S/C15H24FNO2/c1-11(9-17(4)10-15(2,3)19)14(18)12-7-5-6-8-13(12)16/h5-8,11,14,18-19H,9-10H2,1-4H3. The Kier molecular flexibility index (Phi) is 5.47. The minimum atomic E-state index is -0.842. The van der Waals surface area contributed by atoms with Crippen LogP contribution in [0.3, 0.4) is 0 Å². The highest BCUT2D eigenvalue weighted by Gasteiger charge is 2.23. The molecule has 0 fully saturated rings. The molecular formula is C15H24FNO2. The molecule has 0 spiro atoms. The first-order chi connectivity index (χ1) is 8.70. The van der Waals surface area contributed by atoms with Crippen LogP contribution >= 0.6 is 0 Å². The van der Waals surface area contributed by atoms with Crippen LogP contribution in [0.25, 0.3) is 0 Å². The van der Waals surface area contributed by atoms with Crippen molar-refractivity contribution in [3.8, 4) is 0 Å². The van der Waals surface area contributed by atoms with Crippen molar-refractivity contribution in [3.05, 3.63) is 35.6 Å². The van der Waals surface area contributed by atoms with Gasteiger partial charge in [-0.3, -0.25) is 0 Å². The fraction of sp³-hybridized carbons (Fsp3) is 0.600. The fourth-order valence-corrected chi connectivity index (χ4v) is 2.34. The number of nitrogens with zero attached hydrogens (tertiary/aromatic N) is 1. The van der Waals surface area contributed by atoms with E-state index in [1.807, 2.05) is 18.9 Å². The molecule has 0 saturated carbocycles. The van der Waals surface area contributed by atoms with Crippen LogP contribution in [0.2, 0.25) is 0 Å². The Balaban J connectivity index is 2.63. The largest absolute Gasteiger partial charge is 0.389 e. The summed E-state index contributed by atoms with van der Waals surface area (Å²) in [7, 11) is 1.88. The SMILES string of the molecule is CC(CN(C)CC(C)(C)O)C(O)c1ccccc1F. The molecule has 4 heteroatoms. The van der Waals surface area contributed by atoms with Crippen LogP contribution in [-0.4, -0.2) is 40.9 Å². The van der Waals surface area contributed by atoms with E-state index in [1.165, 1.54) is 6.07 Å². The molecule has 0 aromatic heterocycles. The van der Waals surface area contributed by atoms with Crippen LogP contribution in [0, 0.1) is 11.7 Å². The Labute approximate surface area is 114 Å². The first-order valence-electron chi connectivity index (χ1n) is 6.54. The normalized spacial score (nSPS) is 15.6. The van der Waals surface area contributed by atoms with E-state index >= 15 is 0 Å². The summed E-state index contributed by atoms with van der Waals surface area (Å²) in [5, 5.41) is 19.9. The van der Waals surface area contributed by atoms with E-state index in [0.29, 0.717) is 18.7 Å². The molecule has 1 rings (SSSR count). The topological polar surface area (TPSA) is 43.7 Å². The molecule has 2 N–H and O–H groups in total. The average molecular weight is 269 g/mol. The summed E-state index contributed by atoms with van der Waals surface area (Å²) < 4.78 is 13.6. The van der Waals surface area contributed by atoms with Gasteiger partial charge in [0.1, 0.15) is 5.82 Å². The highest BCUT2D eigenvalue weighted by Crippen LogP contribution is 2.24. The number of rotatable bonds is 6. The number of aliphatic hydroxyl groups is 2. The molecule has 3 nitrogen and oxygen atoms in total. The van der Waals surface area contributed by atoms with E-state index in [4.69, 9.17) is 0 Å². The number of likely N-dealkylation sites (N-methyl/N-ethyl adjacent to an activating group) is 1. The molecule has 0 heterocycles. The van der Waals surface area contributed by atoms with Crippen molar-refractivity contribution >= 4 is 0 Å². The fourth-order valence-electron chi connectivity index (χ4n) is 2.34. The van der Waals surface area contributed by atoms with Gasteiger partial charge in [-0.15, -0.1) is 0 Å². The van der Waals surface area contributed by atoms with Crippen molar-refractivity contribution in [2.45, 2.75) is 32.5 Å². The molecule has 2 unspecified atom stereocenters. The zero-order chi connectivity index (χ0) is 14.6. The summed E-state index contributed by atoms with van der Waals surface area (Å²) in [6, 6.07) is 6.28. The van der Waals surface area contributed by atoms with Crippen molar-refractivity contribution in [1.29, 1.82) is 0 Å². The monoisotopic (exact) mass is 269 g/mol. The Morgan fingerprint density at radius 1 is 1.32 bits per heavy atom. The van der Waals surface area contributed by atoms with E-state index in [2.05, 4.69) is 0 Å². The number of benzene rings is 1. The number of hydrogen-bond donors (Lipinski definition) is 2. The predicted molar refractivity (Wildman–Crippen MR) is 74.3 cm³/mol. The minimum absolute atomic E-state index is 0.121. The molecular weight excluding hydrogens is 245 g/mol. The Morgan fingerprint density at radius 2 is 1.89 bits per heavy atom. The zero-order valence-electron chi connectivity index (χ0n) is 12.1. The lowest BCUT2D eigenvalue weighted by Gasteiger charge is -2.29. The Morgan fingerprint density at radius 3 is 2.42 bits per heavy atom. The van der Waals surface area contributed by atoms with Crippen LogP contribution in [0.15, 0.2) is 24.3 Å². The molecule has 0 aliphatic rings. The summed E-state index contributed by atoms with van der Waals surface area (Å²) >= 11 is 0. The molecule has 108 valence electrons. The third-order valence-corrected chi connectivity index (χ3v) is 3.02. The number of halogens is 1. The summed E-state index contributed by atoms with van der Waals surface area (Å²) in [4.78, 5) is 1.94. The maximum absolute atomic E-state index is 13.6. The van der Waals surface area contributed by atoms with Gasteiger partial charge in [-0.2, -0.15) is 0 Å². The summed E-state index contributed by atoms with van der Waals surface area (Å²) in [6.07, 6.45) is -0.842. The van der Waals surface area contributed by atoms with Crippen molar-refractivity contribution in [2.24, 2.45) is 5.92 Å². The van der Waals surface area contributed by atoms with E-state index in [9.17, 15) is 14.6 Å². The van der Waals surface area contributed by atoms with E-state index in [-0.39, 0.29) is 11.7 Å². The second-order valence-electron chi connectivity index (χ2n) is 5.95. The van der Waals surface area contributed by atoms with Crippen LogP contribution in [0.5, 0.6) is 0 Å². The van der Waals surface area contributed by atoms with Gasteiger partial charge in [0.05, 0.1) is 11.7 Å². The molecule has 1 aromatic carbocycles. The second-order valence-corrected chi connectivity index (χ2v) is 5.95. The summed E-state index contributed by atoms with van der Waals surface area (Å²) in [5.74, 6) is -0.503. The van der Waals surface area contributed by atoms with Gasteiger partial charge >= 0.3 is 0 Å². The number of hydrogen-bond acceptors (Lipinski definition) is 3. The molecule has 0 saturated heterocycles. The first-order valence-corrected chi connectivity index (χ1v) is 6.54. The van der Waals surface area contributed by atoms with Gasteiger partial charge in [-0.25, -0.2) is 4.39 Å². The van der Waals surface area contributed by atoms with Crippen LogP contribution in [0.1, 0.15) is 32.4 Å². The van der Waals surface area contributed by atoms with Gasteiger partial charge in [0.2, 0.25) is 0 Å². The van der Waals surface area contributed by atoms with Gasteiger partial charge in [0, 0.05) is 18.7 Å². The van der Waals surface area contributed by atoms with Crippen molar-refractivity contribution in [3.63, 3.8) is 0 Å². The van der Waals surface area contributed by atoms with E-state index < -0.39 is 11.7 Å². The van der Waals surface area contributed by atoms with E-state index in [0.717, 1.165) is 0 Å². The van der Waals surface area contributed by atoms with Gasteiger partial charge in [-0.05, 0) is 32.9 Å².